The first-order valence-corrected chi connectivity index (χ1v) is 4.08. The zero-order valence-electron chi connectivity index (χ0n) is 4.72. The maximum atomic E-state index is 10.5. The molecule has 0 aliphatic carbocycles. The molecule has 8 heavy (non-hydrogen) atoms. The average Bonchev–Trinajstić information content (AvgIpc) is 1.67. The summed E-state index contributed by atoms with van der Waals surface area (Å²) < 4.78 is 20.9. The van der Waals surface area contributed by atoms with Crippen LogP contribution in [0.15, 0.2) is 0 Å². The lowest BCUT2D eigenvalue weighted by molar-refractivity contribution is 0.600. The maximum Gasteiger partial charge on any atom is 0.161 e. The summed E-state index contributed by atoms with van der Waals surface area (Å²) in [5.41, 5.74) is 0. The van der Waals surface area contributed by atoms with E-state index in [1.54, 1.807) is 6.92 Å². The van der Waals surface area contributed by atoms with Crippen LogP contribution in [0.2, 0.25) is 0 Å². The van der Waals surface area contributed by atoms with E-state index in [0.29, 0.717) is 0 Å². The van der Waals surface area contributed by atoms with E-state index in [4.69, 9.17) is 6.42 Å². The Morgan fingerprint density at radius 3 is 2.25 bits per heavy atom. The van der Waals surface area contributed by atoms with Crippen molar-refractivity contribution in [3.8, 4) is 12.3 Å². The van der Waals surface area contributed by atoms with Crippen molar-refractivity contribution in [3.63, 3.8) is 0 Å². The van der Waals surface area contributed by atoms with Crippen LogP contribution in [0, 0.1) is 12.3 Å². The molecule has 2 nitrogen and oxygen atoms in total. The highest BCUT2D eigenvalue weighted by molar-refractivity contribution is 7.91. The first-order chi connectivity index (χ1) is 3.62. The normalized spacial score (nSPS) is 10.5. The first kappa shape index (κ1) is 7.51. The molecule has 0 aromatic carbocycles. The Morgan fingerprint density at radius 2 is 2.12 bits per heavy atom. The van der Waals surface area contributed by atoms with Crippen molar-refractivity contribution < 1.29 is 8.42 Å². The van der Waals surface area contributed by atoms with Crippen molar-refractivity contribution in [2.24, 2.45) is 0 Å². The van der Waals surface area contributed by atoms with Crippen LogP contribution in [-0.4, -0.2) is 19.9 Å². The van der Waals surface area contributed by atoms with Crippen LogP contribution in [-0.2, 0) is 9.84 Å². The lowest BCUT2D eigenvalue weighted by Crippen LogP contribution is -2.05. The molecule has 0 fully saturated rings. The molecule has 0 amide bonds. The Hall–Kier alpha value is -0.490. The lowest BCUT2D eigenvalue weighted by atomic mass is 10.8. The molecule has 0 unspecified atom stereocenters. The quantitative estimate of drug-likeness (QED) is 0.498. The van der Waals surface area contributed by atoms with Gasteiger partial charge in [-0.3, -0.25) is 0 Å². The van der Waals surface area contributed by atoms with Gasteiger partial charge in [0.1, 0.15) is 5.75 Å². The molecule has 0 radical (unpaired) electrons. The SMILES string of the molecule is C#CCS(=O)(=O)CC. The van der Waals surface area contributed by atoms with E-state index in [-0.39, 0.29) is 11.5 Å². The van der Waals surface area contributed by atoms with Crippen LogP contribution < -0.4 is 0 Å². The van der Waals surface area contributed by atoms with Crippen LogP contribution in [0.3, 0.4) is 0 Å². The fourth-order valence-electron chi connectivity index (χ4n) is 0.229. The standard InChI is InChI=1S/C5H8O2S/c1-3-5-8(6,7)4-2/h1H,4-5H2,2H3. The number of hydrogen-bond donors (Lipinski definition) is 0. The third-order valence-electron chi connectivity index (χ3n) is 0.743. The summed E-state index contributed by atoms with van der Waals surface area (Å²) in [5.74, 6) is 2.07. The van der Waals surface area contributed by atoms with E-state index in [0.717, 1.165) is 0 Å². The molecule has 0 heterocycles. The number of rotatable bonds is 2. The van der Waals surface area contributed by atoms with Crippen molar-refractivity contribution in [3.05, 3.63) is 0 Å². The summed E-state index contributed by atoms with van der Waals surface area (Å²) in [7, 11) is -2.91. The van der Waals surface area contributed by atoms with E-state index in [1.165, 1.54) is 0 Å². The zero-order valence-corrected chi connectivity index (χ0v) is 5.53. The highest BCUT2D eigenvalue weighted by Crippen LogP contribution is 1.84. The van der Waals surface area contributed by atoms with Gasteiger partial charge in [0.05, 0.1) is 0 Å². The minimum Gasteiger partial charge on any atom is -0.228 e. The highest BCUT2D eigenvalue weighted by atomic mass is 32.2. The molecular weight excluding hydrogens is 124 g/mol. The molecule has 3 heteroatoms. The van der Waals surface area contributed by atoms with E-state index in [9.17, 15) is 8.42 Å². The van der Waals surface area contributed by atoms with Crippen molar-refractivity contribution in [1.29, 1.82) is 0 Å². The molecule has 0 bridgehead atoms. The van der Waals surface area contributed by atoms with Gasteiger partial charge in [-0.15, -0.1) is 6.42 Å². The van der Waals surface area contributed by atoms with Gasteiger partial charge in [-0.05, 0) is 0 Å². The molecule has 46 valence electrons. The Labute approximate surface area is 49.8 Å². The Morgan fingerprint density at radius 1 is 1.62 bits per heavy atom. The smallest absolute Gasteiger partial charge is 0.161 e. The molecule has 0 aromatic rings. The monoisotopic (exact) mass is 132 g/mol. The fraction of sp³-hybridized carbons (Fsp3) is 0.600. The molecule has 0 aliphatic rings. The predicted molar refractivity (Wildman–Crippen MR) is 33.2 cm³/mol. The largest absolute Gasteiger partial charge is 0.228 e. The summed E-state index contributed by atoms with van der Waals surface area (Å²) in [6, 6.07) is 0. The van der Waals surface area contributed by atoms with Gasteiger partial charge in [0.15, 0.2) is 9.84 Å². The van der Waals surface area contributed by atoms with E-state index in [1.807, 2.05) is 0 Å². The third-order valence-corrected chi connectivity index (χ3v) is 2.23. The summed E-state index contributed by atoms with van der Waals surface area (Å²) in [4.78, 5) is 0. The number of hydrogen-bond acceptors (Lipinski definition) is 2. The van der Waals surface area contributed by atoms with Crippen molar-refractivity contribution in [1.82, 2.24) is 0 Å². The zero-order chi connectivity index (χ0) is 6.62. The third kappa shape index (κ3) is 2.64. The topological polar surface area (TPSA) is 34.1 Å². The van der Waals surface area contributed by atoms with E-state index < -0.39 is 9.84 Å². The Balaban J connectivity index is 4.01. The number of sulfone groups is 1. The van der Waals surface area contributed by atoms with Crippen molar-refractivity contribution in [2.75, 3.05) is 11.5 Å². The minimum absolute atomic E-state index is 0.135. The van der Waals surface area contributed by atoms with Gasteiger partial charge in [-0.2, -0.15) is 0 Å². The molecular formula is C5H8O2S. The molecule has 0 atom stereocenters. The van der Waals surface area contributed by atoms with Gasteiger partial charge in [-0.25, -0.2) is 8.42 Å². The number of terminal acetylenes is 1. The second-order valence-electron chi connectivity index (χ2n) is 1.38. The molecule has 0 saturated carbocycles. The average molecular weight is 132 g/mol. The van der Waals surface area contributed by atoms with Crippen LogP contribution >= 0.6 is 0 Å². The van der Waals surface area contributed by atoms with Gasteiger partial charge in [-0.1, -0.05) is 12.8 Å². The van der Waals surface area contributed by atoms with Crippen LogP contribution in [0.25, 0.3) is 0 Å². The van der Waals surface area contributed by atoms with Gasteiger partial charge in [0, 0.05) is 5.75 Å². The molecule has 0 aliphatic heterocycles. The van der Waals surface area contributed by atoms with Crippen LogP contribution in [0.5, 0.6) is 0 Å². The predicted octanol–water partition coefficient (Wildman–Crippen LogP) is 0.0543. The van der Waals surface area contributed by atoms with Gasteiger partial charge in [0.25, 0.3) is 0 Å². The summed E-state index contributed by atoms with van der Waals surface area (Å²) in [5, 5.41) is 0. The van der Waals surface area contributed by atoms with Crippen LogP contribution in [0.4, 0.5) is 0 Å². The summed E-state index contributed by atoms with van der Waals surface area (Å²) >= 11 is 0. The van der Waals surface area contributed by atoms with Crippen LogP contribution in [0.1, 0.15) is 6.92 Å². The molecule has 0 spiro atoms. The lowest BCUT2D eigenvalue weighted by Gasteiger charge is -1.89. The first-order valence-electron chi connectivity index (χ1n) is 2.26. The summed E-state index contributed by atoms with van der Waals surface area (Å²) in [6.45, 7) is 1.58. The van der Waals surface area contributed by atoms with E-state index >= 15 is 0 Å². The Bertz CT molecular complexity index is 183. The molecule has 0 saturated heterocycles. The van der Waals surface area contributed by atoms with Gasteiger partial charge in [0.2, 0.25) is 0 Å². The second-order valence-corrected chi connectivity index (χ2v) is 3.73. The van der Waals surface area contributed by atoms with Gasteiger partial charge < -0.3 is 0 Å². The summed E-state index contributed by atoms with van der Waals surface area (Å²) in [6.07, 6.45) is 4.76. The van der Waals surface area contributed by atoms with Gasteiger partial charge >= 0.3 is 0 Å². The highest BCUT2D eigenvalue weighted by Gasteiger charge is 2.01. The Kier molecular flexibility index (Phi) is 2.56. The maximum absolute atomic E-state index is 10.5. The van der Waals surface area contributed by atoms with Crippen molar-refractivity contribution >= 4 is 9.84 Å². The molecule has 0 rings (SSSR count). The van der Waals surface area contributed by atoms with Crippen molar-refractivity contribution in [2.45, 2.75) is 6.92 Å². The van der Waals surface area contributed by atoms with E-state index in [2.05, 4.69) is 5.92 Å². The molecule has 0 N–H and O–H groups in total. The molecule has 0 aromatic heterocycles. The fourth-order valence-corrected chi connectivity index (χ4v) is 0.687. The minimum atomic E-state index is -2.91. The second kappa shape index (κ2) is 2.73.